The van der Waals surface area contributed by atoms with Gasteiger partial charge in [-0.1, -0.05) is 23.2 Å². The monoisotopic (exact) mass is 341 g/mol. The number of hydrogen-bond donors (Lipinski definition) is 1. The lowest BCUT2D eigenvalue weighted by molar-refractivity contribution is 0.877. The van der Waals surface area contributed by atoms with Gasteiger partial charge in [0, 0.05) is 15.4 Å². The van der Waals surface area contributed by atoms with Crippen LogP contribution in [0.5, 0.6) is 0 Å². The molecule has 2 aromatic rings. The van der Waals surface area contributed by atoms with Gasteiger partial charge in [0.15, 0.2) is 0 Å². The molecule has 0 bridgehead atoms. The summed E-state index contributed by atoms with van der Waals surface area (Å²) in [5.41, 5.74) is 8.03. The molecule has 2 N–H and O–H groups in total. The summed E-state index contributed by atoms with van der Waals surface area (Å²) in [6, 6.07) is 1.60. The second-order valence-corrected chi connectivity index (χ2v) is 6.82. The van der Waals surface area contributed by atoms with E-state index in [0.717, 1.165) is 15.6 Å². The van der Waals surface area contributed by atoms with Crippen molar-refractivity contribution >= 4 is 61.8 Å². The fourth-order valence-corrected chi connectivity index (χ4v) is 4.38. The summed E-state index contributed by atoms with van der Waals surface area (Å²) in [4.78, 5) is 0. The molecule has 0 fully saturated rings. The van der Waals surface area contributed by atoms with Crippen LogP contribution in [-0.2, 0) is 0 Å². The molecular weight excluding hydrogens is 337 g/mol. The summed E-state index contributed by atoms with van der Waals surface area (Å²) >= 11 is 18.3. The Balaban J connectivity index is 2.40. The van der Waals surface area contributed by atoms with Crippen molar-refractivity contribution < 1.29 is 0 Å². The van der Waals surface area contributed by atoms with Crippen molar-refractivity contribution in [2.24, 2.45) is 5.73 Å². The molecule has 80 valence electrons. The van der Waals surface area contributed by atoms with Crippen LogP contribution in [0.1, 0.15) is 17.2 Å². The van der Waals surface area contributed by atoms with Crippen LogP contribution >= 0.6 is 61.8 Å². The smallest absolute Gasteiger partial charge is 0.0995 e. The number of nitrogens with two attached hydrogens (primary N) is 1. The first kappa shape index (κ1) is 11.9. The molecule has 1 unspecified atom stereocenters. The summed E-state index contributed by atoms with van der Waals surface area (Å²) in [6.45, 7) is 0. The molecule has 1 atom stereocenters. The number of thiophene rings is 2. The molecule has 0 saturated heterocycles. The van der Waals surface area contributed by atoms with Gasteiger partial charge in [-0.2, -0.15) is 11.3 Å². The highest BCUT2D eigenvalue weighted by atomic mass is 79.9. The minimum absolute atomic E-state index is 0.220. The maximum Gasteiger partial charge on any atom is 0.0995 e. The van der Waals surface area contributed by atoms with E-state index in [2.05, 4.69) is 15.9 Å². The summed E-state index contributed by atoms with van der Waals surface area (Å²) < 4.78 is 2.33. The Hall–Kier alpha value is 0.420. The number of hydrogen-bond acceptors (Lipinski definition) is 3. The molecule has 0 spiro atoms. The molecule has 0 aliphatic carbocycles. The standard InChI is InChI=1S/C9H6BrCl2NS2/c10-6-3-14-2-5(6)8(13)4-1-7(11)15-9(4)12/h1-3,8H,13H2. The summed E-state index contributed by atoms with van der Waals surface area (Å²) in [7, 11) is 0. The highest BCUT2D eigenvalue weighted by Crippen LogP contribution is 2.38. The molecule has 0 amide bonds. The van der Waals surface area contributed by atoms with Gasteiger partial charge in [0.1, 0.15) is 0 Å². The third-order valence-corrected chi connectivity index (χ3v) is 5.27. The zero-order valence-electron chi connectivity index (χ0n) is 7.34. The van der Waals surface area contributed by atoms with Crippen LogP contribution in [0.15, 0.2) is 21.3 Å². The highest BCUT2D eigenvalue weighted by molar-refractivity contribution is 9.10. The Morgan fingerprint density at radius 3 is 2.47 bits per heavy atom. The van der Waals surface area contributed by atoms with Crippen molar-refractivity contribution in [1.29, 1.82) is 0 Å². The first-order valence-corrected chi connectivity index (χ1v) is 7.32. The topological polar surface area (TPSA) is 26.0 Å². The predicted octanol–water partition coefficient (Wildman–Crippen LogP) is 4.93. The Bertz CT molecular complexity index is 480. The van der Waals surface area contributed by atoms with Crippen LogP contribution in [-0.4, -0.2) is 0 Å². The normalized spacial score (nSPS) is 13.1. The second kappa shape index (κ2) is 4.73. The van der Waals surface area contributed by atoms with Crippen LogP contribution < -0.4 is 5.73 Å². The van der Waals surface area contributed by atoms with Gasteiger partial charge in [-0.25, -0.2) is 0 Å². The highest BCUT2D eigenvalue weighted by Gasteiger charge is 2.18. The molecular formula is C9H6BrCl2NS2. The minimum Gasteiger partial charge on any atom is -0.320 e. The van der Waals surface area contributed by atoms with E-state index < -0.39 is 0 Å². The Labute approximate surface area is 114 Å². The fourth-order valence-electron chi connectivity index (χ4n) is 1.25. The molecule has 0 aromatic carbocycles. The van der Waals surface area contributed by atoms with Crippen LogP contribution in [0.3, 0.4) is 0 Å². The molecule has 2 rings (SSSR count). The van der Waals surface area contributed by atoms with Gasteiger partial charge in [0.2, 0.25) is 0 Å². The van der Waals surface area contributed by atoms with Gasteiger partial charge in [-0.05, 0) is 32.9 Å². The third-order valence-electron chi connectivity index (χ3n) is 2.00. The average Bonchev–Trinajstić information content (AvgIpc) is 2.71. The molecule has 2 aromatic heterocycles. The van der Waals surface area contributed by atoms with E-state index in [-0.39, 0.29) is 6.04 Å². The van der Waals surface area contributed by atoms with Crippen molar-refractivity contribution in [2.75, 3.05) is 0 Å². The van der Waals surface area contributed by atoms with Gasteiger partial charge in [-0.15, -0.1) is 11.3 Å². The van der Waals surface area contributed by atoms with Crippen LogP contribution in [0.2, 0.25) is 8.67 Å². The predicted molar refractivity (Wildman–Crippen MR) is 72.4 cm³/mol. The van der Waals surface area contributed by atoms with E-state index in [1.54, 1.807) is 11.3 Å². The lowest BCUT2D eigenvalue weighted by Crippen LogP contribution is -2.10. The summed E-state index contributed by atoms with van der Waals surface area (Å²) in [5.74, 6) is 0. The molecule has 1 nitrogen and oxygen atoms in total. The molecule has 0 aliphatic heterocycles. The van der Waals surface area contributed by atoms with Gasteiger partial charge in [0.05, 0.1) is 14.7 Å². The lowest BCUT2D eigenvalue weighted by atomic mass is 10.1. The molecule has 15 heavy (non-hydrogen) atoms. The fraction of sp³-hybridized carbons (Fsp3) is 0.111. The molecule has 6 heteroatoms. The first-order valence-electron chi connectivity index (χ1n) is 4.01. The average molecular weight is 343 g/mol. The zero-order valence-corrected chi connectivity index (χ0v) is 12.1. The Kier molecular flexibility index (Phi) is 3.75. The van der Waals surface area contributed by atoms with Gasteiger partial charge in [-0.3, -0.25) is 0 Å². The Morgan fingerprint density at radius 1 is 1.27 bits per heavy atom. The van der Waals surface area contributed by atoms with E-state index >= 15 is 0 Å². The van der Waals surface area contributed by atoms with Gasteiger partial charge >= 0.3 is 0 Å². The van der Waals surface area contributed by atoms with Crippen LogP contribution in [0, 0.1) is 0 Å². The van der Waals surface area contributed by atoms with Gasteiger partial charge < -0.3 is 5.73 Å². The van der Waals surface area contributed by atoms with Gasteiger partial charge in [0.25, 0.3) is 0 Å². The molecule has 2 heterocycles. The van der Waals surface area contributed by atoms with E-state index in [9.17, 15) is 0 Å². The SMILES string of the molecule is NC(c1cscc1Br)c1cc(Cl)sc1Cl. The molecule has 0 aliphatic rings. The lowest BCUT2D eigenvalue weighted by Gasteiger charge is -2.09. The molecule has 0 radical (unpaired) electrons. The van der Waals surface area contributed by atoms with E-state index in [1.807, 2.05) is 16.8 Å². The van der Waals surface area contributed by atoms with Crippen molar-refractivity contribution in [1.82, 2.24) is 0 Å². The minimum atomic E-state index is -0.220. The van der Waals surface area contributed by atoms with Crippen molar-refractivity contribution in [3.05, 3.63) is 41.1 Å². The largest absolute Gasteiger partial charge is 0.320 e. The van der Waals surface area contributed by atoms with Crippen molar-refractivity contribution in [3.8, 4) is 0 Å². The van der Waals surface area contributed by atoms with Crippen LogP contribution in [0.25, 0.3) is 0 Å². The summed E-state index contributed by atoms with van der Waals surface area (Å²) in [6.07, 6.45) is 0. The second-order valence-electron chi connectivity index (χ2n) is 2.93. The first-order chi connectivity index (χ1) is 7.09. The Morgan fingerprint density at radius 2 is 2.00 bits per heavy atom. The van der Waals surface area contributed by atoms with E-state index in [1.165, 1.54) is 11.3 Å². The van der Waals surface area contributed by atoms with E-state index in [4.69, 9.17) is 28.9 Å². The number of rotatable bonds is 2. The summed E-state index contributed by atoms with van der Waals surface area (Å²) in [5, 5.41) is 4.01. The number of halogens is 3. The van der Waals surface area contributed by atoms with Crippen molar-refractivity contribution in [3.63, 3.8) is 0 Å². The maximum absolute atomic E-state index is 6.12. The zero-order chi connectivity index (χ0) is 11.0. The van der Waals surface area contributed by atoms with Crippen molar-refractivity contribution in [2.45, 2.75) is 6.04 Å². The molecule has 0 saturated carbocycles. The van der Waals surface area contributed by atoms with Crippen LogP contribution in [0.4, 0.5) is 0 Å². The van der Waals surface area contributed by atoms with E-state index in [0.29, 0.717) is 8.67 Å². The maximum atomic E-state index is 6.12. The third kappa shape index (κ3) is 2.40. The quantitative estimate of drug-likeness (QED) is 0.822.